The predicted octanol–water partition coefficient (Wildman–Crippen LogP) is 2.34. The van der Waals surface area contributed by atoms with Crippen molar-refractivity contribution in [3.63, 3.8) is 0 Å². The first-order valence-electron chi connectivity index (χ1n) is 6.52. The van der Waals surface area contributed by atoms with E-state index in [0.29, 0.717) is 18.1 Å². The average molecular weight is 234 g/mol. The van der Waals surface area contributed by atoms with E-state index in [0.717, 1.165) is 18.7 Å². The van der Waals surface area contributed by atoms with E-state index in [4.69, 9.17) is 4.74 Å². The van der Waals surface area contributed by atoms with E-state index < -0.39 is 0 Å². The summed E-state index contributed by atoms with van der Waals surface area (Å²) in [7, 11) is 2.02. The first kappa shape index (κ1) is 12.5. The Morgan fingerprint density at radius 2 is 2.29 bits per heavy atom. The highest BCUT2D eigenvalue weighted by molar-refractivity contribution is 5.12. The fourth-order valence-electron chi connectivity index (χ4n) is 2.64. The van der Waals surface area contributed by atoms with Gasteiger partial charge in [-0.3, -0.25) is 4.98 Å². The van der Waals surface area contributed by atoms with Crippen LogP contribution in [0.5, 0.6) is 0 Å². The van der Waals surface area contributed by atoms with Crippen molar-refractivity contribution in [3.05, 3.63) is 30.1 Å². The van der Waals surface area contributed by atoms with Crippen LogP contribution in [0.4, 0.5) is 0 Å². The molecule has 2 rings (SSSR count). The molecule has 3 atom stereocenters. The number of pyridine rings is 1. The molecule has 3 unspecified atom stereocenters. The Balaban J connectivity index is 2.06. The SMILES string of the molecule is CNC(C1CCCCO1)C(C)c1ccccn1. The summed E-state index contributed by atoms with van der Waals surface area (Å²) in [5.74, 6) is 0.379. The number of nitrogens with zero attached hydrogens (tertiary/aromatic N) is 1. The highest BCUT2D eigenvalue weighted by atomic mass is 16.5. The van der Waals surface area contributed by atoms with E-state index in [1.807, 2.05) is 25.4 Å². The van der Waals surface area contributed by atoms with Crippen LogP contribution in [0.25, 0.3) is 0 Å². The molecule has 1 aliphatic heterocycles. The molecular weight excluding hydrogens is 212 g/mol. The molecule has 0 saturated carbocycles. The molecule has 1 aromatic heterocycles. The molecule has 0 radical (unpaired) electrons. The second kappa shape index (κ2) is 6.12. The van der Waals surface area contributed by atoms with E-state index in [1.54, 1.807) is 0 Å². The average Bonchev–Trinajstić information content (AvgIpc) is 2.42. The minimum atomic E-state index is 0.325. The number of aromatic nitrogens is 1. The van der Waals surface area contributed by atoms with Gasteiger partial charge >= 0.3 is 0 Å². The fourth-order valence-corrected chi connectivity index (χ4v) is 2.64. The van der Waals surface area contributed by atoms with Crippen LogP contribution in [0.15, 0.2) is 24.4 Å². The molecule has 0 amide bonds. The molecule has 1 N–H and O–H groups in total. The van der Waals surface area contributed by atoms with Gasteiger partial charge in [0.05, 0.1) is 6.10 Å². The lowest BCUT2D eigenvalue weighted by Gasteiger charge is -2.33. The zero-order valence-corrected chi connectivity index (χ0v) is 10.7. The van der Waals surface area contributed by atoms with Crippen LogP contribution in [0.2, 0.25) is 0 Å². The Morgan fingerprint density at radius 3 is 2.88 bits per heavy atom. The van der Waals surface area contributed by atoms with Gasteiger partial charge in [0.1, 0.15) is 0 Å². The van der Waals surface area contributed by atoms with E-state index in [2.05, 4.69) is 23.3 Å². The molecule has 17 heavy (non-hydrogen) atoms. The Bertz CT molecular complexity index is 322. The third-order valence-electron chi connectivity index (χ3n) is 3.64. The predicted molar refractivity (Wildman–Crippen MR) is 69.1 cm³/mol. The number of nitrogens with one attached hydrogen (secondary N) is 1. The summed E-state index contributed by atoms with van der Waals surface area (Å²) in [5, 5.41) is 3.41. The van der Waals surface area contributed by atoms with Crippen molar-refractivity contribution >= 4 is 0 Å². The normalized spacial score (nSPS) is 24.2. The summed E-state index contributed by atoms with van der Waals surface area (Å²) >= 11 is 0. The van der Waals surface area contributed by atoms with Gasteiger partial charge in [0.2, 0.25) is 0 Å². The van der Waals surface area contributed by atoms with E-state index >= 15 is 0 Å². The van der Waals surface area contributed by atoms with Crippen molar-refractivity contribution in [2.75, 3.05) is 13.7 Å². The van der Waals surface area contributed by atoms with Gasteiger partial charge in [0, 0.05) is 30.5 Å². The van der Waals surface area contributed by atoms with Gasteiger partial charge in [-0.1, -0.05) is 13.0 Å². The third-order valence-corrected chi connectivity index (χ3v) is 3.64. The van der Waals surface area contributed by atoms with Crippen LogP contribution < -0.4 is 5.32 Å². The Labute approximate surface area is 104 Å². The fraction of sp³-hybridized carbons (Fsp3) is 0.643. The maximum absolute atomic E-state index is 5.88. The highest BCUT2D eigenvalue weighted by Crippen LogP contribution is 2.25. The molecule has 2 heterocycles. The topological polar surface area (TPSA) is 34.1 Å². The lowest BCUT2D eigenvalue weighted by Crippen LogP contribution is -2.44. The zero-order chi connectivity index (χ0) is 12.1. The molecule has 1 aliphatic rings. The second-order valence-corrected chi connectivity index (χ2v) is 4.76. The maximum Gasteiger partial charge on any atom is 0.0734 e. The minimum absolute atomic E-state index is 0.325. The number of hydrogen-bond donors (Lipinski definition) is 1. The van der Waals surface area contributed by atoms with Crippen molar-refractivity contribution in [1.82, 2.24) is 10.3 Å². The molecule has 94 valence electrons. The molecule has 1 fully saturated rings. The minimum Gasteiger partial charge on any atom is -0.377 e. The Hall–Kier alpha value is -0.930. The molecule has 0 spiro atoms. The maximum atomic E-state index is 5.88. The number of ether oxygens (including phenoxy) is 1. The molecule has 1 saturated heterocycles. The van der Waals surface area contributed by atoms with Gasteiger partial charge in [-0.25, -0.2) is 0 Å². The molecule has 0 bridgehead atoms. The van der Waals surface area contributed by atoms with Gasteiger partial charge in [0.15, 0.2) is 0 Å². The highest BCUT2D eigenvalue weighted by Gasteiger charge is 2.29. The van der Waals surface area contributed by atoms with Crippen LogP contribution in [0.3, 0.4) is 0 Å². The quantitative estimate of drug-likeness (QED) is 0.868. The van der Waals surface area contributed by atoms with Gasteiger partial charge in [0.25, 0.3) is 0 Å². The first-order valence-corrected chi connectivity index (χ1v) is 6.52. The van der Waals surface area contributed by atoms with E-state index in [-0.39, 0.29) is 0 Å². The van der Waals surface area contributed by atoms with Gasteiger partial charge in [-0.05, 0) is 38.4 Å². The zero-order valence-electron chi connectivity index (χ0n) is 10.7. The standard InChI is InChI=1S/C14H22N2O/c1-11(12-7-3-5-9-16-12)14(15-2)13-8-4-6-10-17-13/h3,5,7,9,11,13-15H,4,6,8,10H2,1-2H3. The summed E-state index contributed by atoms with van der Waals surface area (Å²) in [6.45, 7) is 3.12. The summed E-state index contributed by atoms with van der Waals surface area (Å²) in [6.07, 6.45) is 5.82. The second-order valence-electron chi connectivity index (χ2n) is 4.76. The van der Waals surface area contributed by atoms with Gasteiger partial charge < -0.3 is 10.1 Å². The number of hydrogen-bond acceptors (Lipinski definition) is 3. The van der Waals surface area contributed by atoms with Gasteiger partial charge in [-0.15, -0.1) is 0 Å². The van der Waals surface area contributed by atoms with Crippen molar-refractivity contribution in [2.45, 2.75) is 44.2 Å². The Morgan fingerprint density at radius 1 is 1.41 bits per heavy atom. The van der Waals surface area contributed by atoms with Crippen molar-refractivity contribution in [1.29, 1.82) is 0 Å². The smallest absolute Gasteiger partial charge is 0.0734 e. The Kier molecular flexibility index (Phi) is 4.51. The van der Waals surface area contributed by atoms with Crippen LogP contribution in [0, 0.1) is 0 Å². The van der Waals surface area contributed by atoms with Crippen LogP contribution in [-0.2, 0) is 4.74 Å². The molecule has 1 aromatic rings. The molecule has 0 aliphatic carbocycles. The summed E-state index contributed by atoms with van der Waals surface area (Å²) in [6, 6.07) is 6.46. The van der Waals surface area contributed by atoms with E-state index in [1.165, 1.54) is 12.8 Å². The number of rotatable bonds is 4. The van der Waals surface area contributed by atoms with Crippen LogP contribution in [-0.4, -0.2) is 30.8 Å². The van der Waals surface area contributed by atoms with Crippen molar-refractivity contribution in [2.24, 2.45) is 0 Å². The first-order chi connectivity index (χ1) is 8.33. The van der Waals surface area contributed by atoms with Crippen molar-refractivity contribution < 1.29 is 4.74 Å². The summed E-state index contributed by atoms with van der Waals surface area (Å²) in [5.41, 5.74) is 1.14. The monoisotopic (exact) mass is 234 g/mol. The van der Waals surface area contributed by atoms with Crippen LogP contribution >= 0.6 is 0 Å². The molecule has 0 aromatic carbocycles. The molecule has 3 heteroatoms. The molecular formula is C14H22N2O. The largest absolute Gasteiger partial charge is 0.377 e. The summed E-state index contributed by atoms with van der Waals surface area (Å²) < 4.78 is 5.88. The lowest BCUT2D eigenvalue weighted by molar-refractivity contribution is -0.0110. The van der Waals surface area contributed by atoms with Gasteiger partial charge in [-0.2, -0.15) is 0 Å². The third kappa shape index (κ3) is 3.05. The number of likely N-dealkylation sites (N-methyl/N-ethyl adjacent to an activating group) is 1. The molecule has 3 nitrogen and oxygen atoms in total. The van der Waals surface area contributed by atoms with Crippen molar-refractivity contribution in [3.8, 4) is 0 Å². The summed E-state index contributed by atoms with van der Waals surface area (Å²) in [4.78, 5) is 4.45. The van der Waals surface area contributed by atoms with E-state index in [9.17, 15) is 0 Å². The lowest BCUT2D eigenvalue weighted by atomic mass is 9.90. The van der Waals surface area contributed by atoms with Crippen LogP contribution in [0.1, 0.15) is 37.8 Å².